The van der Waals surface area contributed by atoms with Gasteiger partial charge in [0, 0.05) is 5.02 Å². The number of aryl methyl sites for hydroxylation is 1. The Kier molecular flexibility index (Phi) is 3.12. The van der Waals surface area contributed by atoms with Crippen LogP contribution < -0.4 is 5.32 Å². The molecule has 0 amide bonds. The Morgan fingerprint density at radius 2 is 2.11 bits per heavy atom. The molecule has 1 N–H and O–H groups in total. The van der Waals surface area contributed by atoms with Gasteiger partial charge >= 0.3 is 0 Å². The van der Waals surface area contributed by atoms with E-state index in [1.54, 1.807) is 12.1 Å². The predicted molar refractivity (Wildman–Crippen MR) is 79.0 cm³/mol. The summed E-state index contributed by atoms with van der Waals surface area (Å²) >= 11 is 7.22. The van der Waals surface area contributed by atoms with Gasteiger partial charge in [-0.1, -0.05) is 35.1 Å². The zero-order valence-corrected chi connectivity index (χ0v) is 11.6. The topological polar surface area (TPSA) is 24.9 Å². The highest BCUT2D eigenvalue weighted by atomic mass is 35.5. The van der Waals surface area contributed by atoms with Gasteiger partial charge in [0.05, 0.1) is 15.9 Å². The standard InChI is InChI=1S/C14H10ClFN2S/c1-8-3-2-4-12-13(8)18-14(19-12)17-11-6-5-9(15)7-10(11)16/h2-7H,1H3,(H,17,18). The number of nitrogens with zero attached hydrogens (tertiary/aromatic N) is 1. The first-order chi connectivity index (χ1) is 9.13. The van der Waals surface area contributed by atoms with Crippen LogP contribution in [0.5, 0.6) is 0 Å². The summed E-state index contributed by atoms with van der Waals surface area (Å²) in [5, 5.41) is 4.04. The van der Waals surface area contributed by atoms with Crippen molar-refractivity contribution in [2.75, 3.05) is 5.32 Å². The summed E-state index contributed by atoms with van der Waals surface area (Å²) < 4.78 is 14.8. The van der Waals surface area contributed by atoms with E-state index in [2.05, 4.69) is 10.3 Å². The zero-order chi connectivity index (χ0) is 13.4. The van der Waals surface area contributed by atoms with Gasteiger partial charge in [-0.25, -0.2) is 9.37 Å². The van der Waals surface area contributed by atoms with Gasteiger partial charge < -0.3 is 5.32 Å². The maximum Gasteiger partial charge on any atom is 0.188 e. The fourth-order valence-electron chi connectivity index (χ4n) is 1.85. The van der Waals surface area contributed by atoms with Crippen LogP contribution in [-0.4, -0.2) is 4.98 Å². The van der Waals surface area contributed by atoms with E-state index >= 15 is 0 Å². The number of hydrogen-bond acceptors (Lipinski definition) is 3. The van der Waals surface area contributed by atoms with Crippen LogP contribution >= 0.6 is 22.9 Å². The number of fused-ring (bicyclic) bond motifs is 1. The van der Waals surface area contributed by atoms with Crippen molar-refractivity contribution in [1.29, 1.82) is 0 Å². The molecule has 0 aliphatic rings. The average molecular weight is 293 g/mol. The lowest BCUT2D eigenvalue weighted by Crippen LogP contribution is -1.92. The second-order valence-electron chi connectivity index (χ2n) is 4.19. The van der Waals surface area contributed by atoms with Gasteiger partial charge in [0.2, 0.25) is 0 Å². The molecule has 5 heteroatoms. The number of rotatable bonds is 2. The molecule has 96 valence electrons. The Hall–Kier alpha value is -1.65. The van der Waals surface area contributed by atoms with E-state index < -0.39 is 0 Å². The highest BCUT2D eigenvalue weighted by molar-refractivity contribution is 7.22. The second kappa shape index (κ2) is 4.79. The van der Waals surface area contributed by atoms with Gasteiger partial charge in [0.25, 0.3) is 0 Å². The van der Waals surface area contributed by atoms with Gasteiger partial charge in [-0.15, -0.1) is 0 Å². The monoisotopic (exact) mass is 292 g/mol. The summed E-state index contributed by atoms with van der Waals surface area (Å²) in [4.78, 5) is 4.48. The van der Waals surface area contributed by atoms with E-state index in [4.69, 9.17) is 11.6 Å². The number of thiazole rings is 1. The summed E-state index contributed by atoms with van der Waals surface area (Å²) in [5.74, 6) is -0.386. The van der Waals surface area contributed by atoms with Gasteiger partial charge in [0.15, 0.2) is 5.13 Å². The molecule has 2 nitrogen and oxygen atoms in total. The highest BCUT2D eigenvalue weighted by Crippen LogP contribution is 2.31. The normalized spacial score (nSPS) is 10.9. The maximum atomic E-state index is 13.7. The molecule has 0 saturated carbocycles. The van der Waals surface area contributed by atoms with Crippen LogP contribution in [0.25, 0.3) is 10.2 Å². The first kappa shape index (κ1) is 12.4. The molecule has 0 fully saturated rings. The minimum absolute atomic E-state index is 0.376. The summed E-state index contributed by atoms with van der Waals surface area (Å²) in [6.07, 6.45) is 0. The van der Waals surface area contributed by atoms with Crippen LogP contribution in [0.4, 0.5) is 15.2 Å². The van der Waals surface area contributed by atoms with E-state index in [-0.39, 0.29) is 5.82 Å². The first-order valence-corrected chi connectivity index (χ1v) is 6.91. The van der Waals surface area contributed by atoms with E-state index in [1.165, 1.54) is 17.4 Å². The molecule has 0 aliphatic carbocycles. The third-order valence-corrected chi connectivity index (χ3v) is 3.96. The van der Waals surface area contributed by atoms with E-state index in [1.807, 2.05) is 25.1 Å². The van der Waals surface area contributed by atoms with Crippen LogP contribution in [0.3, 0.4) is 0 Å². The molecule has 0 saturated heterocycles. The SMILES string of the molecule is Cc1cccc2sc(Nc3ccc(Cl)cc3F)nc12. The Labute approximate surface area is 118 Å². The number of benzene rings is 2. The van der Waals surface area contributed by atoms with Crippen molar-refractivity contribution in [3.63, 3.8) is 0 Å². The van der Waals surface area contributed by atoms with Crippen LogP contribution in [0.2, 0.25) is 5.02 Å². The lowest BCUT2D eigenvalue weighted by molar-refractivity contribution is 0.632. The van der Waals surface area contributed by atoms with E-state index in [9.17, 15) is 4.39 Å². The van der Waals surface area contributed by atoms with Crippen molar-refractivity contribution in [3.05, 3.63) is 52.8 Å². The lowest BCUT2D eigenvalue weighted by atomic mass is 10.2. The van der Waals surface area contributed by atoms with Crippen LogP contribution in [0.1, 0.15) is 5.56 Å². The molecule has 1 aromatic heterocycles. The van der Waals surface area contributed by atoms with Crippen molar-refractivity contribution in [1.82, 2.24) is 4.98 Å². The van der Waals surface area contributed by atoms with Crippen LogP contribution in [0, 0.1) is 12.7 Å². The Bertz CT molecular complexity index is 754. The fraction of sp³-hybridized carbons (Fsp3) is 0.0714. The van der Waals surface area contributed by atoms with Crippen molar-refractivity contribution in [3.8, 4) is 0 Å². The van der Waals surface area contributed by atoms with Gasteiger partial charge in [-0.05, 0) is 36.8 Å². The number of hydrogen-bond donors (Lipinski definition) is 1. The lowest BCUT2D eigenvalue weighted by Gasteiger charge is -2.03. The molecule has 0 atom stereocenters. The first-order valence-electron chi connectivity index (χ1n) is 5.72. The predicted octanol–water partition coefficient (Wildman–Crippen LogP) is 5.14. The molecule has 3 rings (SSSR count). The summed E-state index contributed by atoms with van der Waals surface area (Å²) in [6, 6.07) is 10.5. The molecular formula is C14H10ClFN2S. The van der Waals surface area contributed by atoms with Gasteiger partial charge in [-0.2, -0.15) is 0 Å². The molecule has 1 heterocycles. The molecule has 0 bridgehead atoms. The molecular weight excluding hydrogens is 283 g/mol. The minimum Gasteiger partial charge on any atom is -0.329 e. The molecule has 0 unspecified atom stereocenters. The maximum absolute atomic E-state index is 13.7. The second-order valence-corrected chi connectivity index (χ2v) is 5.66. The Morgan fingerprint density at radius 3 is 2.84 bits per heavy atom. The van der Waals surface area contributed by atoms with Gasteiger partial charge in [-0.3, -0.25) is 0 Å². The number of nitrogens with one attached hydrogen (secondary N) is 1. The Balaban J connectivity index is 1.99. The molecule has 3 aromatic rings. The van der Waals surface area contributed by atoms with Crippen LogP contribution in [-0.2, 0) is 0 Å². The average Bonchev–Trinajstić information content (AvgIpc) is 2.77. The third kappa shape index (κ3) is 2.41. The molecule has 2 aromatic carbocycles. The largest absolute Gasteiger partial charge is 0.329 e. The van der Waals surface area contributed by atoms with Gasteiger partial charge in [0.1, 0.15) is 5.82 Å². The highest BCUT2D eigenvalue weighted by Gasteiger charge is 2.08. The smallest absolute Gasteiger partial charge is 0.188 e. The summed E-state index contributed by atoms with van der Waals surface area (Å²) in [5.41, 5.74) is 2.43. The molecule has 0 radical (unpaired) electrons. The van der Waals surface area contributed by atoms with Crippen molar-refractivity contribution < 1.29 is 4.39 Å². The minimum atomic E-state index is -0.386. The number of anilines is 2. The molecule has 0 spiro atoms. The van der Waals surface area contributed by atoms with Crippen molar-refractivity contribution >= 4 is 44.0 Å². The van der Waals surface area contributed by atoms with Crippen LogP contribution in [0.15, 0.2) is 36.4 Å². The number of aromatic nitrogens is 1. The van der Waals surface area contributed by atoms with E-state index in [0.29, 0.717) is 15.8 Å². The molecule has 19 heavy (non-hydrogen) atoms. The van der Waals surface area contributed by atoms with Crippen molar-refractivity contribution in [2.45, 2.75) is 6.92 Å². The number of para-hydroxylation sites is 1. The van der Waals surface area contributed by atoms with E-state index in [0.717, 1.165) is 15.8 Å². The zero-order valence-electron chi connectivity index (χ0n) is 10.1. The molecule has 0 aliphatic heterocycles. The third-order valence-electron chi connectivity index (χ3n) is 2.79. The van der Waals surface area contributed by atoms with Crippen molar-refractivity contribution in [2.24, 2.45) is 0 Å². The summed E-state index contributed by atoms with van der Waals surface area (Å²) in [7, 11) is 0. The summed E-state index contributed by atoms with van der Waals surface area (Å²) in [6.45, 7) is 2.01. The fourth-order valence-corrected chi connectivity index (χ4v) is 2.96. The number of halogens is 2. The quantitative estimate of drug-likeness (QED) is 0.707. The Morgan fingerprint density at radius 1 is 1.26 bits per heavy atom.